The van der Waals surface area contributed by atoms with Crippen LogP contribution in [0.4, 0.5) is 22.7 Å². The van der Waals surface area contributed by atoms with Gasteiger partial charge in [0.25, 0.3) is 0 Å². The van der Waals surface area contributed by atoms with E-state index >= 15 is 0 Å². The molecule has 110 valence electrons. The lowest BCUT2D eigenvalue weighted by Crippen LogP contribution is -1.92. The van der Waals surface area contributed by atoms with Crippen molar-refractivity contribution in [3.05, 3.63) is 35.4 Å². The molecule has 0 aliphatic carbocycles. The van der Waals surface area contributed by atoms with Crippen molar-refractivity contribution in [2.45, 2.75) is 0 Å². The van der Waals surface area contributed by atoms with Crippen molar-refractivity contribution in [3.63, 3.8) is 0 Å². The third-order valence-electron chi connectivity index (χ3n) is 2.77. The highest BCUT2D eigenvalue weighted by Gasteiger charge is 2.07. The molecule has 0 aliphatic heterocycles. The number of azo groups is 1. The van der Waals surface area contributed by atoms with Gasteiger partial charge in [0.15, 0.2) is 0 Å². The van der Waals surface area contributed by atoms with Crippen LogP contribution in [0, 0.1) is 0 Å². The summed E-state index contributed by atoms with van der Waals surface area (Å²) in [5, 5.41) is 8.59. The largest absolute Gasteiger partial charge is 0.494 e. The smallest absolute Gasteiger partial charge is 0.148 e. The van der Waals surface area contributed by atoms with Crippen LogP contribution in [0.25, 0.3) is 0 Å². The number of halogens is 1. The van der Waals surface area contributed by atoms with Gasteiger partial charge in [-0.3, -0.25) is 0 Å². The molecule has 2 rings (SSSR count). The van der Waals surface area contributed by atoms with Crippen molar-refractivity contribution >= 4 is 34.4 Å². The molecular weight excluding hydrogens is 292 g/mol. The third kappa shape index (κ3) is 3.35. The van der Waals surface area contributed by atoms with Gasteiger partial charge in [-0.2, -0.15) is 5.11 Å². The molecule has 0 saturated carbocycles. The van der Waals surface area contributed by atoms with E-state index in [9.17, 15) is 0 Å². The maximum Gasteiger partial charge on any atom is 0.148 e. The topological polar surface area (TPSA) is 95.2 Å². The van der Waals surface area contributed by atoms with E-state index in [1.54, 1.807) is 30.3 Å². The third-order valence-corrected chi connectivity index (χ3v) is 3.09. The van der Waals surface area contributed by atoms with Gasteiger partial charge in [0.2, 0.25) is 0 Å². The minimum Gasteiger partial charge on any atom is -0.494 e. The van der Waals surface area contributed by atoms with Crippen LogP contribution in [-0.2, 0) is 0 Å². The maximum absolute atomic E-state index is 6.01. The van der Waals surface area contributed by atoms with Crippen LogP contribution >= 0.6 is 11.6 Å². The molecule has 0 atom stereocenters. The molecule has 0 unspecified atom stereocenters. The normalized spacial score (nSPS) is 10.8. The summed E-state index contributed by atoms with van der Waals surface area (Å²) >= 11 is 6.01. The molecule has 0 saturated heterocycles. The lowest BCUT2D eigenvalue weighted by Gasteiger charge is -2.07. The summed E-state index contributed by atoms with van der Waals surface area (Å²) in [6.45, 7) is 0. The second-order valence-corrected chi connectivity index (χ2v) is 4.58. The minimum atomic E-state index is 0.354. The van der Waals surface area contributed by atoms with E-state index < -0.39 is 0 Å². The summed E-state index contributed by atoms with van der Waals surface area (Å²) in [4.78, 5) is 0. The predicted molar refractivity (Wildman–Crippen MR) is 84.0 cm³/mol. The summed E-state index contributed by atoms with van der Waals surface area (Å²) < 4.78 is 10.3. The van der Waals surface area contributed by atoms with Gasteiger partial charge in [0, 0.05) is 17.8 Å². The van der Waals surface area contributed by atoms with E-state index in [0.29, 0.717) is 39.3 Å². The predicted octanol–water partition coefficient (Wildman–Crippen LogP) is 3.94. The molecule has 0 amide bonds. The van der Waals surface area contributed by atoms with Crippen LogP contribution in [0.1, 0.15) is 0 Å². The standard InChI is InChI=1S/C14H15ClN4O2/c1-20-12-5-8(16)3-4-11(12)19-18-9-6-10(15)14(17)13(7-9)21-2/h3-7H,16-17H2,1-2H3/b19-18+. The van der Waals surface area contributed by atoms with Gasteiger partial charge < -0.3 is 20.9 Å². The van der Waals surface area contributed by atoms with Gasteiger partial charge >= 0.3 is 0 Å². The number of anilines is 2. The van der Waals surface area contributed by atoms with Crippen molar-refractivity contribution in [1.82, 2.24) is 0 Å². The first-order chi connectivity index (χ1) is 10.0. The Labute approximate surface area is 127 Å². The van der Waals surface area contributed by atoms with Gasteiger partial charge in [-0.1, -0.05) is 11.6 Å². The summed E-state index contributed by atoms with van der Waals surface area (Å²) in [5.41, 5.74) is 13.5. The Morgan fingerprint density at radius 2 is 1.67 bits per heavy atom. The molecule has 2 aromatic carbocycles. The molecule has 21 heavy (non-hydrogen) atoms. The molecular formula is C14H15ClN4O2. The highest BCUT2D eigenvalue weighted by Crippen LogP contribution is 2.36. The summed E-state index contributed by atoms with van der Waals surface area (Å²) in [6, 6.07) is 8.35. The molecule has 0 bridgehead atoms. The average Bonchev–Trinajstić information content (AvgIpc) is 2.48. The molecule has 0 aromatic heterocycles. The van der Waals surface area contributed by atoms with E-state index in [1.165, 1.54) is 14.2 Å². The van der Waals surface area contributed by atoms with Crippen LogP contribution in [0.15, 0.2) is 40.6 Å². The van der Waals surface area contributed by atoms with E-state index in [1.807, 2.05) is 0 Å². The Hall–Kier alpha value is -2.47. The number of rotatable bonds is 4. The fourth-order valence-corrected chi connectivity index (χ4v) is 1.90. The van der Waals surface area contributed by atoms with Gasteiger partial charge in [-0.15, -0.1) is 5.11 Å². The first-order valence-electron chi connectivity index (χ1n) is 6.03. The highest BCUT2D eigenvalue weighted by atomic mass is 35.5. The fourth-order valence-electron chi connectivity index (χ4n) is 1.69. The number of hydrogen-bond donors (Lipinski definition) is 2. The van der Waals surface area contributed by atoms with Gasteiger partial charge in [0.1, 0.15) is 17.2 Å². The maximum atomic E-state index is 6.01. The van der Waals surface area contributed by atoms with Crippen LogP contribution in [0.3, 0.4) is 0 Å². The average molecular weight is 307 g/mol. The Morgan fingerprint density at radius 3 is 2.33 bits per heavy atom. The first kappa shape index (κ1) is 14.9. The lowest BCUT2D eigenvalue weighted by molar-refractivity contribution is 0.416. The molecule has 0 radical (unpaired) electrons. The molecule has 2 aromatic rings. The van der Waals surface area contributed by atoms with Gasteiger partial charge in [0.05, 0.1) is 30.6 Å². The van der Waals surface area contributed by atoms with Crippen LogP contribution in [-0.4, -0.2) is 14.2 Å². The highest BCUT2D eigenvalue weighted by molar-refractivity contribution is 6.33. The number of methoxy groups -OCH3 is 2. The summed E-state index contributed by atoms with van der Waals surface area (Å²) in [7, 11) is 3.04. The van der Waals surface area contributed by atoms with Gasteiger partial charge in [-0.25, -0.2) is 0 Å². The van der Waals surface area contributed by atoms with E-state index in [0.717, 1.165) is 0 Å². The number of nitrogens with two attached hydrogens (primary N) is 2. The molecule has 4 N–H and O–H groups in total. The van der Waals surface area contributed by atoms with Crippen molar-refractivity contribution in [2.24, 2.45) is 10.2 Å². The van der Waals surface area contributed by atoms with E-state index in [4.69, 9.17) is 32.5 Å². The molecule has 0 spiro atoms. The van der Waals surface area contributed by atoms with Crippen molar-refractivity contribution in [3.8, 4) is 11.5 Å². The number of hydrogen-bond acceptors (Lipinski definition) is 6. The molecule has 7 heteroatoms. The van der Waals surface area contributed by atoms with Crippen molar-refractivity contribution in [2.75, 3.05) is 25.7 Å². The Kier molecular flexibility index (Phi) is 4.49. The number of ether oxygens (including phenoxy) is 2. The Balaban J connectivity index is 2.36. The zero-order valence-electron chi connectivity index (χ0n) is 11.6. The second-order valence-electron chi connectivity index (χ2n) is 4.17. The SMILES string of the molecule is COc1cc(N)ccc1/N=N/c1cc(Cl)c(N)c(OC)c1. The van der Waals surface area contributed by atoms with Crippen molar-refractivity contribution < 1.29 is 9.47 Å². The molecule has 0 aliphatic rings. The summed E-state index contributed by atoms with van der Waals surface area (Å²) in [5.74, 6) is 0.980. The minimum absolute atomic E-state index is 0.354. The van der Waals surface area contributed by atoms with E-state index in [-0.39, 0.29) is 0 Å². The first-order valence-corrected chi connectivity index (χ1v) is 6.41. The van der Waals surface area contributed by atoms with Gasteiger partial charge in [-0.05, 0) is 18.2 Å². The molecule has 6 nitrogen and oxygen atoms in total. The zero-order valence-corrected chi connectivity index (χ0v) is 12.4. The Bertz CT molecular complexity index is 689. The number of nitrogens with zero attached hydrogens (tertiary/aromatic N) is 2. The quantitative estimate of drug-likeness (QED) is 0.660. The van der Waals surface area contributed by atoms with Crippen LogP contribution in [0.2, 0.25) is 5.02 Å². The van der Waals surface area contributed by atoms with Crippen LogP contribution in [0.5, 0.6) is 11.5 Å². The van der Waals surface area contributed by atoms with E-state index in [2.05, 4.69) is 10.2 Å². The number of benzene rings is 2. The van der Waals surface area contributed by atoms with Crippen LogP contribution < -0.4 is 20.9 Å². The zero-order chi connectivity index (χ0) is 15.4. The lowest BCUT2D eigenvalue weighted by atomic mass is 10.2. The van der Waals surface area contributed by atoms with Crippen molar-refractivity contribution in [1.29, 1.82) is 0 Å². The summed E-state index contributed by atoms with van der Waals surface area (Å²) in [6.07, 6.45) is 0. The number of nitrogen functional groups attached to an aromatic ring is 2. The fraction of sp³-hybridized carbons (Fsp3) is 0.143. The Morgan fingerprint density at radius 1 is 0.952 bits per heavy atom. The molecule has 0 fully saturated rings. The monoisotopic (exact) mass is 306 g/mol. The molecule has 0 heterocycles. The second kappa shape index (κ2) is 6.32.